The monoisotopic (exact) mass is 364 g/mol. The van der Waals surface area contributed by atoms with Crippen molar-refractivity contribution in [3.8, 4) is 0 Å². The second-order valence-electron chi connectivity index (χ2n) is 6.84. The van der Waals surface area contributed by atoms with Gasteiger partial charge in [0, 0.05) is 29.7 Å². The number of H-pyrrole nitrogens is 1. The van der Waals surface area contributed by atoms with E-state index in [2.05, 4.69) is 20.6 Å². The fourth-order valence-electron chi connectivity index (χ4n) is 3.33. The van der Waals surface area contributed by atoms with Gasteiger partial charge in [-0.05, 0) is 62.4 Å². The number of sulfonamides is 1. The first-order valence-electron chi connectivity index (χ1n) is 8.32. The zero-order chi connectivity index (χ0) is 18.4. The minimum absolute atomic E-state index is 0.0313. The van der Waals surface area contributed by atoms with Crippen molar-refractivity contribution in [2.75, 3.05) is 0 Å². The summed E-state index contributed by atoms with van der Waals surface area (Å²) in [6.07, 6.45) is 0. The van der Waals surface area contributed by atoms with Gasteiger partial charge in [0.1, 0.15) is 5.25 Å². The Morgan fingerprint density at radius 3 is 2.28 bits per heavy atom. The Labute approximate surface area is 147 Å². The van der Waals surface area contributed by atoms with E-state index in [0.29, 0.717) is 5.56 Å². The molecule has 25 heavy (non-hydrogen) atoms. The zero-order valence-corrected chi connectivity index (χ0v) is 15.6. The van der Waals surface area contributed by atoms with Crippen LogP contribution < -0.4 is 21.1 Å². The number of hydrogen-bond donors (Lipinski definition) is 4. The van der Waals surface area contributed by atoms with Crippen LogP contribution in [0.25, 0.3) is 10.9 Å². The number of rotatable bonds is 4. The molecule has 1 aromatic heterocycles. The molecule has 2 unspecified atom stereocenters. The number of fused-ring (bicyclic) bond motifs is 1. The van der Waals surface area contributed by atoms with Gasteiger partial charge >= 0.3 is 0 Å². The van der Waals surface area contributed by atoms with Gasteiger partial charge in [-0.2, -0.15) is 0 Å². The average Bonchev–Trinajstić information content (AvgIpc) is 2.87. The summed E-state index contributed by atoms with van der Waals surface area (Å²) in [4.78, 5) is 15.1. The Morgan fingerprint density at radius 2 is 1.64 bits per heavy atom. The van der Waals surface area contributed by atoms with Crippen molar-refractivity contribution < 1.29 is 8.42 Å². The van der Waals surface area contributed by atoms with E-state index in [-0.39, 0.29) is 24.2 Å². The molecule has 1 fully saturated rings. The van der Waals surface area contributed by atoms with Crippen molar-refractivity contribution in [1.29, 1.82) is 0 Å². The highest BCUT2D eigenvalue weighted by Crippen LogP contribution is 2.18. The lowest BCUT2D eigenvalue weighted by Gasteiger charge is -2.19. The molecule has 2 aromatic rings. The van der Waals surface area contributed by atoms with Crippen molar-refractivity contribution in [1.82, 2.24) is 20.6 Å². The third kappa shape index (κ3) is 3.48. The molecule has 1 aliphatic heterocycles. The molecule has 4 N–H and O–H groups in total. The molecule has 8 heteroatoms. The van der Waals surface area contributed by atoms with E-state index in [1.165, 1.54) is 0 Å². The highest BCUT2D eigenvalue weighted by molar-refractivity contribution is 7.90. The number of hydrazine groups is 1. The normalized spacial score (nSPS) is 24.1. The second-order valence-corrected chi connectivity index (χ2v) is 8.77. The molecule has 7 nitrogen and oxygen atoms in total. The van der Waals surface area contributed by atoms with Crippen LogP contribution in [0, 0.1) is 13.8 Å². The lowest BCUT2D eigenvalue weighted by Crippen LogP contribution is -2.44. The number of hydrogen-bond acceptors (Lipinski definition) is 5. The zero-order valence-electron chi connectivity index (χ0n) is 14.8. The first-order valence-corrected chi connectivity index (χ1v) is 9.86. The first kappa shape index (κ1) is 18.1. The van der Waals surface area contributed by atoms with Gasteiger partial charge in [-0.3, -0.25) is 15.6 Å². The third-order valence-electron chi connectivity index (χ3n) is 4.88. The summed E-state index contributed by atoms with van der Waals surface area (Å²) in [5, 5.41) is 0.291. The molecule has 0 aliphatic carbocycles. The largest absolute Gasteiger partial charge is 0.322 e. The Hall–Kier alpha value is -1.74. The Balaban J connectivity index is 1.87. The molecular weight excluding hydrogens is 340 g/mol. The fourth-order valence-corrected chi connectivity index (χ4v) is 5.09. The highest BCUT2D eigenvalue weighted by atomic mass is 32.2. The van der Waals surface area contributed by atoms with Crippen molar-refractivity contribution in [2.24, 2.45) is 0 Å². The molecule has 3 rings (SSSR count). The van der Waals surface area contributed by atoms with Gasteiger partial charge in [0.15, 0.2) is 0 Å². The van der Waals surface area contributed by atoms with Gasteiger partial charge in [0.05, 0.1) is 0 Å². The van der Waals surface area contributed by atoms with Crippen molar-refractivity contribution in [3.63, 3.8) is 0 Å². The second kappa shape index (κ2) is 6.53. The number of pyridine rings is 1. The molecule has 1 aromatic carbocycles. The molecule has 0 radical (unpaired) electrons. The number of aromatic nitrogens is 1. The van der Waals surface area contributed by atoms with Crippen molar-refractivity contribution >= 4 is 20.9 Å². The molecule has 1 aliphatic rings. The number of aromatic amines is 1. The predicted molar refractivity (Wildman–Crippen MR) is 98.8 cm³/mol. The number of nitrogens with one attached hydrogen (secondary N) is 4. The van der Waals surface area contributed by atoms with E-state index >= 15 is 0 Å². The van der Waals surface area contributed by atoms with Crippen LogP contribution in [0.4, 0.5) is 0 Å². The summed E-state index contributed by atoms with van der Waals surface area (Å²) < 4.78 is 27.8. The van der Waals surface area contributed by atoms with Crippen LogP contribution in [-0.4, -0.2) is 30.7 Å². The predicted octanol–water partition coefficient (Wildman–Crippen LogP) is 0.818. The van der Waals surface area contributed by atoms with E-state index in [9.17, 15) is 13.2 Å². The van der Waals surface area contributed by atoms with Crippen molar-refractivity contribution in [3.05, 3.63) is 45.2 Å². The Bertz CT molecular complexity index is 958. The minimum Gasteiger partial charge on any atom is -0.322 e. The summed E-state index contributed by atoms with van der Waals surface area (Å²) >= 11 is 0. The van der Waals surface area contributed by atoms with Gasteiger partial charge in [-0.25, -0.2) is 13.1 Å². The minimum atomic E-state index is -3.57. The summed E-state index contributed by atoms with van der Waals surface area (Å²) in [7, 11) is -3.57. The maximum absolute atomic E-state index is 12.6. The number of aryl methyl sites for hydroxylation is 2. The van der Waals surface area contributed by atoms with Crippen LogP contribution in [0.3, 0.4) is 0 Å². The molecule has 1 saturated heterocycles. The maximum Gasteiger partial charge on any atom is 0.252 e. The van der Waals surface area contributed by atoms with E-state index < -0.39 is 15.3 Å². The first-order chi connectivity index (χ1) is 11.7. The highest BCUT2D eigenvalue weighted by Gasteiger charge is 2.40. The van der Waals surface area contributed by atoms with Gasteiger partial charge in [0.2, 0.25) is 10.0 Å². The molecule has 2 atom stereocenters. The molecule has 0 spiro atoms. The van der Waals surface area contributed by atoms with Gasteiger partial charge in [0.25, 0.3) is 5.56 Å². The standard InChI is InChI=1S/C17H24N4O3S/c1-9-5-13-7-14(17(22)19-15(13)6-10(9)2)8-18-25(23,24)16-11(3)20-21-12(16)4/h5-7,11-12,16,18,20-21H,8H2,1-4H3,(H,19,22). The Morgan fingerprint density at radius 1 is 1.04 bits per heavy atom. The summed E-state index contributed by atoms with van der Waals surface area (Å²) in [5.41, 5.74) is 8.97. The quantitative estimate of drug-likeness (QED) is 0.643. The summed E-state index contributed by atoms with van der Waals surface area (Å²) in [6.45, 7) is 7.59. The van der Waals surface area contributed by atoms with Gasteiger partial charge < -0.3 is 4.98 Å². The molecule has 2 heterocycles. The average molecular weight is 364 g/mol. The number of benzene rings is 1. The smallest absolute Gasteiger partial charge is 0.252 e. The lowest BCUT2D eigenvalue weighted by molar-refractivity contribution is 0.544. The molecule has 0 amide bonds. The van der Waals surface area contributed by atoms with Crippen LogP contribution in [0.5, 0.6) is 0 Å². The van der Waals surface area contributed by atoms with Gasteiger partial charge in [-0.1, -0.05) is 0 Å². The third-order valence-corrected chi connectivity index (χ3v) is 6.96. The molecule has 0 saturated carbocycles. The summed E-state index contributed by atoms with van der Waals surface area (Å²) in [5.74, 6) is 0. The van der Waals surface area contributed by atoms with Crippen molar-refractivity contribution in [2.45, 2.75) is 51.6 Å². The lowest BCUT2D eigenvalue weighted by atomic mass is 10.1. The van der Waals surface area contributed by atoms with Crippen LogP contribution in [0.15, 0.2) is 23.0 Å². The maximum atomic E-state index is 12.6. The Kier molecular flexibility index (Phi) is 4.72. The SMILES string of the molecule is Cc1cc2cc(CNS(=O)(=O)C3C(C)NNC3C)c(=O)[nH]c2cc1C. The van der Waals surface area contributed by atoms with Crippen LogP contribution in [-0.2, 0) is 16.6 Å². The van der Waals surface area contributed by atoms with E-state index in [4.69, 9.17) is 0 Å². The van der Waals surface area contributed by atoms with E-state index in [1.54, 1.807) is 6.07 Å². The molecule has 136 valence electrons. The van der Waals surface area contributed by atoms with Crippen LogP contribution in [0.2, 0.25) is 0 Å². The molecular formula is C17H24N4O3S. The van der Waals surface area contributed by atoms with E-state index in [1.807, 2.05) is 39.8 Å². The van der Waals surface area contributed by atoms with Crippen LogP contribution in [0.1, 0.15) is 30.5 Å². The topological polar surface area (TPSA) is 103 Å². The van der Waals surface area contributed by atoms with Crippen LogP contribution >= 0.6 is 0 Å². The summed E-state index contributed by atoms with van der Waals surface area (Å²) in [6, 6.07) is 5.24. The fraction of sp³-hybridized carbons (Fsp3) is 0.471. The van der Waals surface area contributed by atoms with E-state index in [0.717, 1.165) is 22.0 Å². The van der Waals surface area contributed by atoms with Gasteiger partial charge in [-0.15, -0.1) is 0 Å². The molecule has 0 bridgehead atoms.